The van der Waals surface area contributed by atoms with Gasteiger partial charge in [-0.15, -0.1) is 11.8 Å². The quantitative estimate of drug-likeness (QED) is 0.762. The molecule has 13 heavy (non-hydrogen) atoms. The maximum absolute atomic E-state index is 13.0. The Morgan fingerprint density at radius 2 is 2.31 bits per heavy atom. The van der Waals surface area contributed by atoms with Gasteiger partial charge in [-0.05, 0) is 24.0 Å². The zero-order valence-electron chi connectivity index (χ0n) is 7.08. The van der Waals surface area contributed by atoms with Gasteiger partial charge in [-0.2, -0.15) is 0 Å². The summed E-state index contributed by atoms with van der Waals surface area (Å²) in [6.07, 6.45) is 0. The van der Waals surface area contributed by atoms with Crippen molar-refractivity contribution < 1.29 is 14.3 Å². The van der Waals surface area contributed by atoms with Crippen LogP contribution in [0.2, 0.25) is 0 Å². The van der Waals surface area contributed by atoms with E-state index in [1.807, 2.05) is 6.92 Å². The molecular formula is C9H9FO2S. The lowest BCUT2D eigenvalue weighted by molar-refractivity contribution is 0.0696. The highest BCUT2D eigenvalue weighted by atomic mass is 32.2. The van der Waals surface area contributed by atoms with E-state index in [2.05, 4.69) is 0 Å². The molecule has 1 N–H and O–H groups in total. The fourth-order valence-corrected chi connectivity index (χ4v) is 1.63. The molecule has 1 aromatic rings. The van der Waals surface area contributed by atoms with Crippen LogP contribution in [0, 0.1) is 5.82 Å². The van der Waals surface area contributed by atoms with Gasteiger partial charge in [0, 0.05) is 4.90 Å². The Morgan fingerprint density at radius 3 is 2.85 bits per heavy atom. The summed E-state index contributed by atoms with van der Waals surface area (Å²) in [4.78, 5) is 10.9. The molecule has 0 bridgehead atoms. The molecule has 0 spiro atoms. The maximum Gasteiger partial charge on any atom is 0.335 e. The van der Waals surface area contributed by atoms with E-state index >= 15 is 0 Å². The van der Waals surface area contributed by atoms with Crippen molar-refractivity contribution >= 4 is 17.7 Å². The predicted octanol–water partition coefficient (Wildman–Crippen LogP) is 2.64. The first kappa shape index (κ1) is 10.1. The Morgan fingerprint density at radius 1 is 1.62 bits per heavy atom. The number of carboxylic acids is 1. The molecule has 0 amide bonds. The van der Waals surface area contributed by atoms with Crippen molar-refractivity contribution in [2.75, 3.05) is 5.75 Å². The molecule has 70 valence electrons. The second kappa shape index (κ2) is 4.28. The molecule has 0 fully saturated rings. The minimum Gasteiger partial charge on any atom is -0.478 e. The molecule has 0 saturated heterocycles. The van der Waals surface area contributed by atoms with E-state index in [4.69, 9.17) is 5.11 Å². The second-order valence-electron chi connectivity index (χ2n) is 2.38. The summed E-state index contributed by atoms with van der Waals surface area (Å²) in [5.74, 6) is -0.671. The number of hydrogen-bond acceptors (Lipinski definition) is 2. The lowest BCUT2D eigenvalue weighted by Crippen LogP contribution is -1.97. The van der Waals surface area contributed by atoms with Crippen LogP contribution in [-0.4, -0.2) is 16.8 Å². The zero-order valence-corrected chi connectivity index (χ0v) is 7.90. The number of aromatic carboxylic acids is 1. The van der Waals surface area contributed by atoms with Crippen molar-refractivity contribution in [3.63, 3.8) is 0 Å². The van der Waals surface area contributed by atoms with Crippen molar-refractivity contribution in [3.05, 3.63) is 29.6 Å². The van der Waals surface area contributed by atoms with Crippen molar-refractivity contribution in [3.8, 4) is 0 Å². The Labute approximate surface area is 79.8 Å². The average molecular weight is 200 g/mol. The first-order chi connectivity index (χ1) is 6.15. The van der Waals surface area contributed by atoms with Gasteiger partial charge >= 0.3 is 5.97 Å². The van der Waals surface area contributed by atoms with Gasteiger partial charge in [0.2, 0.25) is 0 Å². The fraction of sp³-hybridized carbons (Fsp3) is 0.222. The third-order valence-electron chi connectivity index (χ3n) is 1.48. The minimum atomic E-state index is -1.03. The first-order valence-electron chi connectivity index (χ1n) is 3.80. The number of rotatable bonds is 3. The Balaban J connectivity index is 3.03. The molecule has 0 aromatic heterocycles. The van der Waals surface area contributed by atoms with Gasteiger partial charge in [-0.1, -0.05) is 6.92 Å². The van der Waals surface area contributed by atoms with Crippen LogP contribution < -0.4 is 0 Å². The summed E-state index contributed by atoms with van der Waals surface area (Å²) < 4.78 is 13.0. The van der Waals surface area contributed by atoms with Crippen LogP contribution >= 0.6 is 11.8 Å². The highest BCUT2D eigenvalue weighted by Crippen LogP contribution is 2.22. The highest BCUT2D eigenvalue weighted by molar-refractivity contribution is 7.99. The summed E-state index contributed by atoms with van der Waals surface area (Å²) in [5.41, 5.74) is 0.123. The van der Waals surface area contributed by atoms with Gasteiger partial charge < -0.3 is 5.11 Å². The third kappa shape index (κ3) is 2.45. The van der Waals surface area contributed by atoms with Crippen LogP contribution in [0.3, 0.4) is 0 Å². The summed E-state index contributed by atoms with van der Waals surface area (Å²) in [6.45, 7) is 1.89. The van der Waals surface area contributed by atoms with Crippen molar-refractivity contribution in [1.29, 1.82) is 0 Å². The Hall–Kier alpha value is -1.03. The van der Waals surface area contributed by atoms with Crippen LogP contribution in [0.25, 0.3) is 0 Å². The molecule has 0 aliphatic carbocycles. The smallest absolute Gasteiger partial charge is 0.335 e. The molecule has 0 heterocycles. The van der Waals surface area contributed by atoms with Crippen LogP contribution in [0.4, 0.5) is 4.39 Å². The van der Waals surface area contributed by atoms with Crippen LogP contribution in [0.1, 0.15) is 17.3 Å². The predicted molar refractivity (Wildman–Crippen MR) is 49.8 cm³/mol. The van der Waals surface area contributed by atoms with Gasteiger partial charge in [0.05, 0.1) is 5.56 Å². The molecule has 0 aliphatic heterocycles. The molecule has 0 unspecified atom stereocenters. The van der Waals surface area contributed by atoms with E-state index in [1.165, 1.54) is 30.0 Å². The third-order valence-corrected chi connectivity index (χ3v) is 2.39. The van der Waals surface area contributed by atoms with Gasteiger partial charge in [0.1, 0.15) is 5.82 Å². The molecule has 0 atom stereocenters. The van der Waals surface area contributed by atoms with Crippen LogP contribution in [-0.2, 0) is 0 Å². The zero-order chi connectivity index (χ0) is 9.84. The Kier molecular flexibility index (Phi) is 3.31. The average Bonchev–Trinajstić information content (AvgIpc) is 2.08. The fourth-order valence-electron chi connectivity index (χ4n) is 0.903. The molecule has 0 saturated carbocycles. The number of benzene rings is 1. The summed E-state index contributed by atoms with van der Waals surface area (Å²) >= 11 is 1.30. The van der Waals surface area contributed by atoms with E-state index in [0.29, 0.717) is 4.90 Å². The molecule has 1 rings (SSSR count). The molecule has 1 aromatic carbocycles. The molecule has 0 radical (unpaired) electrons. The topological polar surface area (TPSA) is 37.3 Å². The number of carbonyl (C=O) groups is 1. The van der Waals surface area contributed by atoms with Crippen molar-refractivity contribution in [1.82, 2.24) is 0 Å². The SMILES string of the molecule is CCSc1cc(C(=O)O)ccc1F. The largest absolute Gasteiger partial charge is 0.478 e. The van der Waals surface area contributed by atoms with Gasteiger partial charge in [-0.3, -0.25) is 0 Å². The number of thioether (sulfide) groups is 1. The number of hydrogen-bond donors (Lipinski definition) is 1. The monoisotopic (exact) mass is 200 g/mol. The summed E-state index contributed by atoms with van der Waals surface area (Å²) in [6, 6.07) is 3.80. The van der Waals surface area contributed by atoms with E-state index < -0.39 is 5.97 Å². The second-order valence-corrected chi connectivity index (χ2v) is 3.69. The standard InChI is InChI=1S/C9H9FO2S/c1-2-13-8-5-6(9(11)12)3-4-7(8)10/h3-5H,2H2,1H3,(H,11,12). The van der Waals surface area contributed by atoms with Gasteiger partial charge in [0.25, 0.3) is 0 Å². The summed E-state index contributed by atoms with van der Waals surface area (Å²) in [7, 11) is 0. The van der Waals surface area contributed by atoms with Gasteiger partial charge in [0.15, 0.2) is 0 Å². The molecule has 4 heteroatoms. The van der Waals surface area contributed by atoms with E-state index in [0.717, 1.165) is 5.75 Å². The summed E-state index contributed by atoms with van der Waals surface area (Å²) in [5, 5.41) is 8.64. The lowest BCUT2D eigenvalue weighted by Gasteiger charge is -2.01. The number of carboxylic acid groups (broad SMARTS) is 1. The molecule has 2 nitrogen and oxygen atoms in total. The van der Waals surface area contributed by atoms with Crippen LogP contribution in [0.5, 0.6) is 0 Å². The normalized spacial score (nSPS) is 10.0. The molecular weight excluding hydrogens is 191 g/mol. The lowest BCUT2D eigenvalue weighted by atomic mass is 10.2. The highest BCUT2D eigenvalue weighted by Gasteiger charge is 2.07. The van der Waals surface area contributed by atoms with Crippen LogP contribution in [0.15, 0.2) is 23.1 Å². The van der Waals surface area contributed by atoms with E-state index in [1.54, 1.807) is 0 Å². The number of halogens is 1. The van der Waals surface area contributed by atoms with E-state index in [9.17, 15) is 9.18 Å². The minimum absolute atomic E-state index is 0.123. The van der Waals surface area contributed by atoms with E-state index in [-0.39, 0.29) is 11.4 Å². The van der Waals surface area contributed by atoms with Crippen molar-refractivity contribution in [2.24, 2.45) is 0 Å². The Bertz CT molecular complexity index is 325. The van der Waals surface area contributed by atoms with Crippen molar-refractivity contribution in [2.45, 2.75) is 11.8 Å². The first-order valence-corrected chi connectivity index (χ1v) is 4.79. The molecule has 0 aliphatic rings. The van der Waals surface area contributed by atoms with Gasteiger partial charge in [-0.25, -0.2) is 9.18 Å². The maximum atomic E-state index is 13.0.